The average Bonchev–Trinajstić information content (AvgIpc) is 2.31. The van der Waals surface area contributed by atoms with Crippen LogP contribution in [0.15, 0.2) is 18.3 Å². The van der Waals surface area contributed by atoms with Crippen molar-refractivity contribution in [2.75, 3.05) is 12.8 Å². The summed E-state index contributed by atoms with van der Waals surface area (Å²) in [7, 11) is 1.24. The first-order valence-electron chi connectivity index (χ1n) is 4.66. The zero-order chi connectivity index (χ0) is 12.6. The van der Waals surface area contributed by atoms with E-state index in [9.17, 15) is 9.18 Å². The van der Waals surface area contributed by atoms with Gasteiger partial charge in [-0.1, -0.05) is 11.6 Å². The Hall–Kier alpha value is -1.88. The van der Waals surface area contributed by atoms with Gasteiger partial charge < -0.3 is 10.5 Å². The lowest BCUT2D eigenvalue weighted by molar-refractivity contribution is 0.0601. The van der Waals surface area contributed by atoms with E-state index >= 15 is 0 Å². The van der Waals surface area contributed by atoms with Crippen LogP contribution in [0.3, 0.4) is 0 Å². The maximum atomic E-state index is 13.2. The summed E-state index contributed by atoms with van der Waals surface area (Å²) in [6.45, 7) is 0. The van der Waals surface area contributed by atoms with Gasteiger partial charge in [-0.3, -0.25) is 4.98 Å². The van der Waals surface area contributed by atoms with Crippen LogP contribution >= 0.6 is 11.6 Å². The molecule has 0 saturated heterocycles. The van der Waals surface area contributed by atoms with Gasteiger partial charge in [0, 0.05) is 17.6 Å². The largest absolute Gasteiger partial charge is 0.465 e. The van der Waals surface area contributed by atoms with E-state index in [1.54, 1.807) is 0 Å². The highest BCUT2D eigenvalue weighted by atomic mass is 35.5. The van der Waals surface area contributed by atoms with Crippen molar-refractivity contribution in [3.05, 3.63) is 34.7 Å². The van der Waals surface area contributed by atoms with Crippen LogP contribution in [0.1, 0.15) is 10.4 Å². The number of carbonyl (C=O) groups is 1. The quantitative estimate of drug-likeness (QED) is 0.794. The van der Waals surface area contributed by atoms with Crippen LogP contribution in [0.25, 0.3) is 10.9 Å². The van der Waals surface area contributed by atoms with Crippen LogP contribution in [0, 0.1) is 5.82 Å². The lowest BCUT2D eigenvalue weighted by atomic mass is 10.1. The molecule has 2 rings (SSSR count). The Kier molecular flexibility index (Phi) is 2.85. The first-order valence-corrected chi connectivity index (χ1v) is 5.04. The Labute approximate surface area is 101 Å². The van der Waals surface area contributed by atoms with Gasteiger partial charge in [0.2, 0.25) is 0 Å². The van der Waals surface area contributed by atoms with Gasteiger partial charge in [-0.25, -0.2) is 9.18 Å². The number of methoxy groups -OCH3 is 1. The van der Waals surface area contributed by atoms with Crippen LogP contribution in [0.2, 0.25) is 5.02 Å². The first kappa shape index (κ1) is 11.6. The number of pyridine rings is 1. The molecule has 17 heavy (non-hydrogen) atoms. The Morgan fingerprint density at radius 3 is 2.88 bits per heavy atom. The standard InChI is InChI=1S/C11H8ClFN2O2/c1-17-11(16)6-4-15-9-3-8(13)7(12)2-5(9)10(6)14/h2-4H,1H3,(H2,14,15). The van der Waals surface area contributed by atoms with E-state index in [4.69, 9.17) is 17.3 Å². The maximum absolute atomic E-state index is 13.2. The maximum Gasteiger partial charge on any atom is 0.341 e. The first-order chi connectivity index (χ1) is 8.04. The summed E-state index contributed by atoms with van der Waals surface area (Å²) in [5.74, 6) is -1.19. The molecule has 0 aliphatic carbocycles. The third kappa shape index (κ3) is 1.89. The fraction of sp³-hybridized carbons (Fsp3) is 0.0909. The van der Waals surface area contributed by atoms with E-state index in [0.717, 1.165) is 6.07 Å². The third-order valence-electron chi connectivity index (χ3n) is 2.36. The molecule has 1 aromatic heterocycles. The summed E-state index contributed by atoms with van der Waals surface area (Å²) < 4.78 is 17.8. The van der Waals surface area contributed by atoms with E-state index in [1.165, 1.54) is 19.4 Å². The van der Waals surface area contributed by atoms with Crippen molar-refractivity contribution in [2.45, 2.75) is 0 Å². The molecule has 0 spiro atoms. The second-order valence-corrected chi connectivity index (χ2v) is 3.77. The van der Waals surface area contributed by atoms with Crippen molar-refractivity contribution in [1.29, 1.82) is 0 Å². The molecule has 4 nitrogen and oxygen atoms in total. The Morgan fingerprint density at radius 1 is 1.53 bits per heavy atom. The predicted molar refractivity (Wildman–Crippen MR) is 62.5 cm³/mol. The number of aromatic nitrogens is 1. The van der Waals surface area contributed by atoms with E-state index in [0.29, 0.717) is 10.9 Å². The average molecular weight is 255 g/mol. The molecule has 2 aromatic rings. The van der Waals surface area contributed by atoms with Crippen LogP contribution in [0.5, 0.6) is 0 Å². The molecule has 0 saturated carbocycles. The van der Waals surface area contributed by atoms with Crippen LogP contribution in [-0.2, 0) is 4.74 Å². The second-order valence-electron chi connectivity index (χ2n) is 3.36. The second kappa shape index (κ2) is 4.18. The minimum atomic E-state index is -0.600. The molecule has 0 fully saturated rings. The molecular weight excluding hydrogens is 247 g/mol. The zero-order valence-corrected chi connectivity index (χ0v) is 9.58. The molecule has 0 atom stereocenters. The fourth-order valence-electron chi connectivity index (χ4n) is 1.48. The highest BCUT2D eigenvalue weighted by molar-refractivity contribution is 6.31. The van der Waals surface area contributed by atoms with Crippen LogP contribution in [0.4, 0.5) is 10.1 Å². The smallest absolute Gasteiger partial charge is 0.341 e. The van der Waals surface area contributed by atoms with Gasteiger partial charge in [-0.2, -0.15) is 0 Å². The molecule has 0 aliphatic rings. The number of anilines is 1. The topological polar surface area (TPSA) is 65.2 Å². The minimum absolute atomic E-state index is 0.0759. The number of benzene rings is 1. The summed E-state index contributed by atoms with van der Waals surface area (Å²) in [5, 5.41) is 0.340. The molecule has 0 unspecified atom stereocenters. The fourth-order valence-corrected chi connectivity index (χ4v) is 1.64. The Balaban J connectivity index is 2.75. The van der Waals surface area contributed by atoms with Gasteiger partial charge in [0.15, 0.2) is 0 Å². The molecule has 0 aliphatic heterocycles. The molecule has 0 amide bonds. The van der Waals surface area contributed by atoms with Gasteiger partial charge in [0.05, 0.1) is 23.3 Å². The highest BCUT2D eigenvalue weighted by Crippen LogP contribution is 2.28. The zero-order valence-electron chi connectivity index (χ0n) is 8.83. The summed E-state index contributed by atoms with van der Waals surface area (Å²) in [6, 6.07) is 2.50. The number of carbonyl (C=O) groups excluding carboxylic acids is 1. The van der Waals surface area contributed by atoms with Crippen molar-refractivity contribution in [1.82, 2.24) is 4.98 Å². The van der Waals surface area contributed by atoms with Gasteiger partial charge in [0.25, 0.3) is 0 Å². The number of esters is 1. The molecular formula is C11H8ClFN2O2. The van der Waals surface area contributed by atoms with Crippen LogP contribution in [-0.4, -0.2) is 18.1 Å². The molecule has 1 heterocycles. The van der Waals surface area contributed by atoms with E-state index in [1.807, 2.05) is 0 Å². The number of halogens is 2. The number of nitrogens with two attached hydrogens (primary N) is 1. The summed E-state index contributed by atoms with van der Waals surface area (Å²) in [4.78, 5) is 15.3. The Bertz CT molecular complexity index is 616. The van der Waals surface area contributed by atoms with Gasteiger partial charge in [-0.05, 0) is 6.07 Å². The van der Waals surface area contributed by atoms with E-state index < -0.39 is 11.8 Å². The molecule has 1 aromatic carbocycles. The summed E-state index contributed by atoms with van der Waals surface area (Å²) in [5.41, 5.74) is 6.42. The number of fused-ring (bicyclic) bond motifs is 1. The van der Waals surface area contributed by atoms with Gasteiger partial charge >= 0.3 is 5.97 Å². The highest BCUT2D eigenvalue weighted by Gasteiger charge is 2.15. The number of hydrogen-bond acceptors (Lipinski definition) is 4. The predicted octanol–water partition coefficient (Wildman–Crippen LogP) is 2.40. The van der Waals surface area contributed by atoms with Gasteiger partial charge in [-0.15, -0.1) is 0 Å². The SMILES string of the molecule is COC(=O)c1cnc2cc(F)c(Cl)cc2c1N. The van der Waals surface area contributed by atoms with Crippen molar-refractivity contribution >= 4 is 34.2 Å². The molecule has 88 valence electrons. The van der Waals surface area contributed by atoms with E-state index in [2.05, 4.69) is 9.72 Å². The number of ether oxygens (including phenoxy) is 1. The number of nitrogens with zero attached hydrogens (tertiary/aromatic N) is 1. The Morgan fingerprint density at radius 2 is 2.24 bits per heavy atom. The summed E-state index contributed by atoms with van der Waals surface area (Å²) in [6.07, 6.45) is 1.25. The van der Waals surface area contributed by atoms with Crippen molar-refractivity contribution in [2.24, 2.45) is 0 Å². The molecule has 6 heteroatoms. The minimum Gasteiger partial charge on any atom is -0.465 e. The van der Waals surface area contributed by atoms with Crippen molar-refractivity contribution in [3.8, 4) is 0 Å². The summed E-state index contributed by atoms with van der Waals surface area (Å²) >= 11 is 5.65. The molecule has 0 bridgehead atoms. The van der Waals surface area contributed by atoms with Crippen molar-refractivity contribution < 1.29 is 13.9 Å². The van der Waals surface area contributed by atoms with Crippen LogP contribution < -0.4 is 5.73 Å². The lowest BCUT2D eigenvalue weighted by Crippen LogP contribution is -2.07. The number of rotatable bonds is 1. The monoisotopic (exact) mass is 254 g/mol. The molecule has 2 N–H and O–H groups in total. The van der Waals surface area contributed by atoms with Gasteiger partial charge in [0.1, 0.15) is 11.4 Å². The normalized spacial score (nSPS) is 10.5. The molecule has 0 radical (unpaired) electrons. The van der Waals surface area contributed by atoms with Crippen molar-refractivity contribution in [3.63, 3.8) is 0 Å². The number of nitrogen functional groups attached to an aromatic ring is 1. The number of hydrogen-bond donors (Lipinski definition) is 1. The third-order valence-corrected chi connectivity index (χ3v) is 2.65. The van der Waals surface area contributed by atoms with E-state index in [-0.39, 0.29) is 16.3 Å². The lowest BCUT2D eigenvalue weighted by Gasteiger charge is -2.07.